The number of hydrogen-bond donors (Lipinski definition) is 1. The van der Waals surface area contributed by atoms with Crippen LogP contribution in [0.25, 0.3) is 0 Å². The lowest BCUT2D eigenvalue weighted by Crippen LogP contribution is -2.19. The van der Waals surface area contributed by atoms with Crippen LogP contribution in [0.2, 0.25) is 0 Å². The first-order chi connectivity index (χ1) is 13.2. The van der Waals surface area contributed by atoms with Crippen molar-refractivity contribution in [2.75, 3.05) is 31.7 Å². The molecule has 0 aliphatic carbocycles. The van der Waals surface area contributed by atoms with E-state index in [9.17, 15) is 4.79 Å². The van der Waals surface area contributed by atoms with Crippen molar-refractivity contribution in [1.82, 2.24) is 0 Å². The van der Waals surface area contributed by atoms with Crippen LogP contribution in [0.3, 0.4) is 0 Å². The summed E-state index contributed by atoms with van der Waals surface area (Å²) < 4.78 is 22.7. The Morgan fingerprint density at radius 1 is 1.15 bits per heavy atom. The minimum Gasteiger partial charge on any atom is -0.489 e. The monoisotopic (exact) mass is 369 g/mol. The molecule has 0 spiro atoms. The third-order valence-electron chi connectivity index (χ3n) is 4.72. The number of carbonyl (C=O) groups is 1. The molecular formula is C21H23NO5. The first kappa shape index (κ1) is 17.7. The number of hydrogen-bond acceptors (Lipinski definition) is 5. The summed E-state index contributed by atoms with van der Waals surface area (Å²) >= 11 is 0. The zero-order chi connectivity index (χ0) is 18.6. The van der Waals surface area contributed by atoms with Crippen LogP contribution in [0.1, 0.15) is 28.8 Å². The average molecular weight is 369 g/mol. The summed E-state index contributed by atoms with van der Waals surface area (Å²) in [4.78, 5) is 12.8. The maximum atomic E-state index is 12.8. The van der Waals surface area contributed by atoms with E-state index in [0.717, 1.165) is 25.0 Å². The minimum atomic E-state index is -0.211. The van der Waals surface area contributed by atoms with E-state index in [1.165, 1.54) is 0 Å². The molecule has 0 radical (unpaired) electrons. The second-order valence-electron chi connectivity index (χ2n) is 6.71. The van der Waals surface area contributed by atoms with Crippen molar-refractivity contribution in [3.8, 4) is 17.2 Å². The molecule has 0 aromatic heterocycles. The van der Waals surface area contributed by atoms with Crippen molar-refractivity contribution in [1.29, 1.82) is 0 Å². The summed E-state index contributed by atoms with van der Waals surface area (Å²) in [6, 6.07) is 11.0. The number of fused-ring (bicyclic) bond motifs is 1. The summed E-state index contributed by atoms with van der Waals surface area (Å²) in [6.07, 6.45) is 2.19. The number of benzene rings is 2. The van der Waals surface area contributed by atoms with Crippen molar-refractivity contribution in [2.45, 2.75) is 25.9 Å². The molecule has 1 fully saturated rings. The highest BCUT2D eigenvalue weighted by atomic mass is 16.6. The van der Waals surface area contributed by atoms with Crippen LogP contribution in [0.4, 0.5) is 5.69 Å². The van der Waals surface area contributed by atoms with Gasteiger partial charge in [-0.3, -0.25) is 4.79 Å². The van der Waals surface area contributed by atoms with Crippen molar-refractivity contribution >= 4 is 11.6 Å². The Bertz CT molecular complexity index is 829. The highest BCUT2D eigenvalue weighted by molar-refractivity contribution is 6.06. The Labute approximate surface area is 158 Å². The molecule has 2 aromatic carbocycles. The van der Waals surface area contributed by atoms with Crippen molar-refractivity contribution in [3.63, 3.8) is 0 Å². The molecule has 1 unspecified atom stereocenters. The molecule has 1 atom stereocenters. The number of nitrogens with one attached hydrogen (secondary N) is 1. The number of ether oxygens (including phenoxy) is 4. The molecule has 6 heteroatoms. The van der Waals surface area contributed by atoms with Gasteiger partial charge in [0.05, 0.1) is 11.8 Å². The highest BCUT2D eigenvalue weighted by Crippen LogP contribution is 2.34. The van der Waals surface area contributed by atoms with Crippen molar-refractivity contribution < 1.29 is 23.7 Å². The topological polar surface area (TPSA) is 66.0 Å². The SMILES string of the molecule is Cc1cc2c(cc1C(=O)Nc1ccccc1OCC1CCCO1)OCCO2. The lowest BCUT2D eigenvalue weighted by molar-refractivity contribution is 0.0682. The van der Waals surface area contributed by atoms with Gasteiger partial charge in [-0.25, -0.2) is 0 Å². The summed E-state index contributed by atoms with van der Waals surface area (Å²) in [7, 11) is 0. The normalized spacial score (nSPS) is 18.2. The summed E-state index contributed by atoms with van der Waals surface area (Å²) in [5, 5.41) is 2.95. The predicted octanol–water partition coefficient (Wildman–Crippen LogP) is 3.58. The standard InChI is InChI=1S/C21H23NO5/c1-14-11-19-20(26-10-9-25-19)12-16(14)21(23)22-17-6-2-3-7-18(17)27-13-15-5-4-8-24-15/h2-3,6-7,11-12,15H,4-5,8-10,13H2,1H3,(H,22,23). The fraction of sp³-hybridized carbons (Fsp3) is 0.381. The Balaban J connectivity index is 1.49. The Hall–Kier alpha value is -2.73. The predicted molar refractivity (Wildman–Crippen MR) is 101 cm³/mol. The van der Waals surface area contributed by atoms with Crippen molar-refractivity contribution in [3.05, 3.63) is 47.5 Å². The summed E-state index contributed by atoms with van der Waals surface area (Å²) in [5.41, 5.74) is 2.01. The smallest absolute Gasteiger partial charge is 0.256 e. The van der Waals surface area contributed by atoms with E-state index < -0.39 is 0 Å². The maximum absolute atomic E-state index is 12.8. The lowest BCUT2D eigenvalue weighted by atomic mass is 10.1. The molecule has 4 rings (SSSR count). The van der Waals surface area contributed by atoms with Crippen LogP contribution in [-0.4, -0.2) is 38.4 Å². The fourth-order valence-electron chi connectivity index (χ4n) is 3.28. The average Bonchev–Trinajstić information content (AvgIpc) is 3.20. The zero-order valence-electron chi connectivity index (χ0n) is 15.3. The van der Waals surface area contributed by atoms with E-state index in [2.05, 4.69) is 5.32 Å². The highest BCUT2D eigenvalue weighted by Gasteiger charge is 2.20. The first-order valence-corrected chi connectivity index (χ1v) is 9.26. The maximum Gasteiger partial charge on any atom is 0.256 e. The molecule has 0 bridgehead atoms. The molecular weight excluding hydrogens is 346 g/mol. The molecule has 27 heavy (non-hydrogen) atoms. The molecule has 0 saturated carbocycles. The van der Waals surface area contributed by atoms with Gasteiger partial charge in [-0.05, 0) is 49.6 Å². The van der Waals surface area contributed by atoms with Gasteiger partial charge in [-0.1, -0.05) is 12.1 Å². The molecule has 2 aromatic rings. The second-order valence-corrected chi connectivity index (χ2v) is 6.71. The van der Waals surface area contributed by atoms with Gasteiger partial charge in [0.15, 0.2) is 11.5 Å². The van der Waals surface area contributed by atoms with Crippen LogP contribution in [0, 0.1) is 6.92 Å². The number of rotatable bonds is 5. The number of anilines is 1. The number of aryl methyl sites for hydroxylation is 1. The third-order valence-corrected chi connectivity index (χ3v) is 4.72. The van der Waals surface area contributed by atoms with E-state index in [-0.39, 0.29) is 12.0 Å². The summed E-state index contributed by atoms with van der Waals surface area (Å²) in [5.74, 6) is 1.70. The van der Waals surface area contributed by atoms with Crippen molar-refractivity contribution in [2.24, 2.45) is 0 Å². The van der Waals surface area contributed by atoms with E-state index in [1.807, 2.05) is 37.3 Å². The van der Waals surface area contributed by atoms with Gasteiger partial charge in [-0.2, -0.15) is 0 Å². The van der Waals surface area contributed by atoms with Crippen LogP contribution in [0.5, 0.6) is 17.2 Å². The molecule has 2 aliphatic rings. The quantitative estimate of drug-likeness (QED) is 0.873. The molecule has 1 saturated heterocycles. The summed E-state index contributed by atoms with van der Waals surface area (Å²) in [6.45, 7) is 4.16. The second kappa shape index (κ2) is 7.88. The number of carbonyl (C=O) groups excluding carboxylic acids is 1. The van der Waals surface area contributed by atoms with Gasteiger partial charge >= 0.3 is 0 Å². The van der Waals surface area contributed by atoms with Crippen LogP contribution >= 0.6 is 0 Å². The lowest BCUT2D eigenvalue weighted by Gasteiger charge is -2.20. The van der Waals surface area contributed by atoms with Gasteiger partial charge in [0.1, 0.15) is 25.6 Å². The molecule has 2 heterocycles. The Morgan fingerprint density at radius 2 is 1.93 bits per heavy atom. The van der Waals surface area contributed by atoms with Crippen LogP contribution < -0.4 is 19.5 Å². The molecule has 142 valence electrons. The first-order valence-electron chi connectivity index (χ1n) is 9.26. The van der Waals surface area contributed by atoms with Gasteiger partial charge in [0.2, 0.25) is 0 Å². The van der Waals surface area contributed by atoms with E-state index in [4.69, 9.17) is 18.9 Å². The fourth-order valence-corrected chi connectivity index (χ4v) is 3.28. The van der Waals surface area contributed by atoms with Gasteiger partial charge in [0, 0.05) is 12.2 Å². The van der Waals surface area contributed by atoms with Gasteiger partial charge < -0.3 is 24.3 Å². The van der Waals surface area contributed by atoms with E-state index >= 15 is 0 Å². The minimum absolute atomic E-state index is 0.119. The number of amides is 1. The number of para-hydroxylation sites is 2. The zero-order valence-corrected chi connectivity index (χ0v) is 15.3. The van der Waals surface area contributed by atoms with Gasteiger partial charge in [-0.15, -0.1) is 0 Å². The largest absolute Gasteiger partial charge is 0.489 e. The third kappa shape index (κ3) is 4.01. The molecule has 6 nitrogen and oxygen atoms in total. The molecule has 1 amide bonds. The van der Waals surface area contributed by atoms with E-state index in [0.29, 0.717) is 48.3 Å². The Kier molecular flexibility index (Phi) is 5.16. The van der Waals surface area contributed by atoms with E-state index in [1.54, 1.807) is 6.07 Å². The molecule has 2 aliphatic heterocycles. The van der Waals surface area contributed by atoms with Crippen LogP contribution in [0.15, 0.2) is 36.4 Å². The molecule has 1 N–H and O–H groups in total. The van der Waals surface area contributed by atoms with Crippen LogP contribution in [-0.2, 0) is 4.74 Å². The van der Waals surface area contributed by atoms with Gasteiger partial charge in [0.25, 0.3) is 5.91 Å². The Morgan fingerprint density at radius 3 is 2.70 bits per heavy atom.